The molecule has 0 saturated heterocycles. The van der Waals surface area contributed by atoms with Gasteiger partial charge < -0.3 is 9.84 Å². The lowest BCUT2D eigenvalue weighted by atomic mass is 10.0. The molecule has 0 amide bonds. The zero-order valence-electron chi connectivity index (χ0n) is 11.1. The number of aliphatic hydroxyl groups is 1. The largest absolute Gasteiger partial charge is 0.456 e. The number of ether oxygens (including phenoxy) is 1. The van der Waals surface area contributed by atoms with Gasteiger partial charge in [0, 0.05) is 0 Å². The molecule has 0 unspecified atom stereocenters. The van der Waals surface area contributed by atoms with Crippen molar-refractivity contribution in [1.29, 1.82) is 0 Å². The highest BCUT2D eigenvalue weighted by atomic mass is 35.5. The molecule has 0 aromatic heterocycles. The lowest BCUT2D eigenvalue weighted by Gasteiger charge is -2.14. The molecule has 0 spiro atoms. The number of hydrogen-bond acceptors (Lipinski definition) is 2. The highest BCUT2D eigenvalue weighted by molar-refractivity contribution is 6.32. The molecule has 100 valence electrons. The van der Waals surface area contributed by atoms with Gasteiger partial charge in [0.15, 0.2) is 0 Å². The molecule has 0 heterocycles. The van der Waals surface area contributed by atoms with Gasteiger partial charge in [-0.05, 0) is 35.2 Å². The van der Waals surface area contributed by atoms with Crippen LogP contribution in [0, 0.1) is 0 Å². The molecule has 0 saturated carbocycles. The minimum Gasteiger partial charge on any atom is -0.456 e. The maximum Gasteiger partial charge on any atom is 0.146 e. The fourth-order valence-corrected chi connectivity index (χ4v) is 2.14. The Morgan fingerprint density at radius 2 is 1.84 bits per heavy atom. The van der Waals surface area contributed by atoms with Crippen LogP contribution in [0.4, 0.5) is 0 Å². The van der Waals surface area contributed by atoms with E-state index in [9.17, 15) is 0 Å². The molecular formula is C16H17ClO2. The van der Waals surface area contributed by atoms with Crippen LogP contribution in [0.3, 0.4) is 0 Å². The van der Waals surface area contributed by atoms with Crippen LogP contribution in [0.2, 0.25) is 5.02 Å². The Labute approximate surface area is 118 Å². The van der Waals surface area contributed by atoms with Crippen LogP contribution in [0.15, 0.2) is 42.5 Å². The monoisotopic (exact) mass is 276 g/mol. The van der Waals surface area contributed by atoms with Gasteiger partial charge >= 0.3 is 0 Å². The van der Waals surface area contributed by atoms with Crippen molar-refractivity contribution >= 4 is 11.6 Å². The first-order valence-electron chi connectivity index (χ1n) is 6.28. The number of benzene rings is 2. The average molecular weight is 277 g/mol. The van der Waals surface area contributed by atoms with Crippen molar-refractivity contribution in [2.75, 3.05) is 0 Å². The van der Waals surface area contributed by atoms with Crippen molar-refractivity contribution < 1.29 is 9.84 Å². The van der Waals surface area contributed by atoms with E-state index >= 15 is 0 Å². The van der Waals surface area contributed by atoms with E-state index in [2.05, 4.69) is 19.9 Å². The number of aliphatic hydroxyl groups excluding tert-OH is 1. The van der Waals surface area contributed by atoms with Gasteiger partial charge in [-0.2, -0.15) is 0 Å². The maximum atomic E-state index is 9.06. The quantitative estimate of drug-likeness (QED) is 0.873. The summed E-state index contributed by atoms with van der Waals surface area (Å²) in [4.78, 5) is 0. The zero-order valence-corrected chi connectivity index (χ0v) is 11.8. The Bertz CT molecular complexity index is 564. The molecule has 1 N–H and O–H groups in total. The summed E-state index contributed by atoms with van der Waals surface area (Å²) < 4.78 is 5.89. The van der Waals surface area contributed by atoms with Crippen molar-refractivity contribution in [3.8, 4) is 11.5 Å². The predicted octanol–water partition coefficient (Wildman–Crippen LogP) is 4.75. The summed E-state index contributed by atoms with van der Waals surface area (Å²) in [6.45, 7) is 4.22. The van der Waals surface area contributed by atoms with E-state index in [1.165, 1.54) is 0 Å². The summed E-state index contributed by atoms with van der Waals surface area (Å²) in [5, 5.41) is 9.56. The van der Waals surface area contributed by atoms with Crippen molar-refractivity contribution in [3.05, 3.63) is 58.6 Å². The fraction of sp³-hybridized carbons (Fsp3) is 0.250. The van der Waals surface area contributed by atoms with E-state index < -0.39 is 0 Å². The number of halogens is 1. The Balaban J connectivity index is 2.31. The molecule has 0 aliphatic carbocycles. The van der Waals surface area contributed by atoms with Gasteiger partial charge in [0.25, 0.3) is 0 Å². The maximum absolute atomic E-state index is 9.06. The van der Waals surface area contributed by atoms with Crippen molar-refractivity contribution in [2.45, 2.75) is 26.4 Å². The van der Waals surface area contributed by atoms with Gasteiger partial charge in [0.1, 0.15) is 11.5 Å². The van der Waals surface area contributed by atoms with Crippen LogP contribution in [0.5, 0.6) is 11.5 Å². The Kier molecular flexibility index (Phi) is 4.46. The number of hydrogen-bond donors (Lipinski definition) is 1. The highest BCUT2D eigenvalue weighted by Crippen LogP contribution is 2.34. The average Bonchev–Trinajstić information content (AvgIpc) is 2.41. The second kappa shape index (κ2) is 6.09. The highest BCUT2D eigenvalue weighted by Gasteiger charge is 2.10. The minimum absolute atomic E-state index is 0.0252. The Morgan fingerprint density at radius 1 is 1.11 bits per heavy atom. The SMILES string of the molecule is CC(C)c1ccccc1Oc1ccc(CO)cc1Cl. The molecule has 0 bridgehead atoms. The Morgan fingerprint density at radius 3 is 2.47 bits per heavy atom. The number of para-hydroxylation sites is 1. The van der Waals surface area contributed by atoms with Gasteiger partial charge in [-0.1, -0.05) is 49.7 Å². The van der Waals surface area contributed by atoms with E-state index in [0.29, 0.717) is 16.7 Å². The molecule has 2 rings (SSSR count). The third kappa shape index (κ3) is 3.28. The molecule has 0 aliphatic rings. The summed E-state index contributed by atoms with van der Waals surface area (Å²) in [7, 11) is 0. The second-order valence-corrected chi connectivity index (χ2v) is 5.12. The minimum atomic E-state index is -0.0252. The standard InChI is InChI=1S/C16H17ClO2/c1-11(2)13-5-3-4-6-15(13)19-16-8-7-12(10-18)9-14(16)17/h3-9,11,18H,10H2,1-2H3. The molecule has 0 fully saturated rings. The van der Waals surface area contributed by atoms with Crippen LogP contribution < -0.4 is 4.74 Å². The first-order chi connectivity index (χ1) is 9.11. The molecule has 2 aromatic carbocycles. The molecule has 2 aromatic rings. The van der Waals surface area contributed by atoms with E-state index in [1.54, 1.807) is 18.2 Å². The van der Waals surface area contributed by atoms with Crippen LogP contribution in [0.25, 0.3) is 0 Å². The van der Waals surface area contributed by atoms with E-state index in [-0.39, 0.29) is 6.61 Å². The van der Waals surface area contributed by atoms with E-state index in [4.69, 9.17) is 21.4 Å². The molecule has 0 aliphatic heterocycles. The molecule has 0 atom stereocenters. The van der Waals surface area contributed by atoms with Crippen LogP contribution in [-0.2, 0) is 6.61 Å². The summed E-state index contributed by atoms with van der Waals surface area (Å²) in [5.41, 5.74) is 1.92. The van der Waals surface area contributed by atoms with Crippen molar-refractivity contribution in [1.82, 2.24) is 0 Å². The van der Waals surface area contributed by atoms with E-state index in [1.807, 2.05) is 18.2 Å². The van der Waals surface area contributed by atoms with E-state index in [0.717, 1.165) is 16.9 Å². The first kappa shape index (κ1) is 13.9. The first-order valence-corrected chi connectivity index (χ1v) is 6.65. The van der Waals surface area contributed by atoms with Crippen LogP contribution in [0.1, 0.15) is 30.9 Å². The summed E-state index contributed by atoms with van der Waals surface area (Å²) in [5.74, 6) is 1.80. The van der Waals surface area contributed by atoms with Gasteiger partial charge in [0.2, 0.25) is 0 Å². The summed E-state index contributed by atoms with van der Waals surface area (Å²) in [6, 6.07) is 13.2. The van der Waals surface area contributed by atoms with Gasteiger partial charge in [0.05, 0.1) is 11.6 Å². The second-order valence-electron chi connectivity index (χ2n) is 4.72. The molecule has 19 heavy (non-hydrogen) atoms. The third-order valence-electron chi connectivity index (χ3n) is 2.94. The van der Waals surface area contributed by atoms with Gasteiger partial charge in [-0.3, -0.25) is 0 Å². The lowest BCUT2D eigenvalue weighted by Crippen LogP contribution is -1.94. The van der Waals surface area contributed by atoms with Crippen LogP contribution in [-0.4, -0.2) is 5.11 Å². The predicted molar refractivity (Wildman–Crippen MR) is 78.0 cm³/mol. The van der Waals surface area contributed by atoms with Crippen molar-refractivity contribution in [3.63, 3.8) is 0 Å². The summed E-state index contributed by atoms with van der Waals surface area (Å²) >= 11 is 6.15. The number of rotatable bonds is 4. The molecule has 2 nitrogen and oxygen atoms in total. The van der Waals surface area contributed by atoms with Gasteiger partial charge in [-0.25, -0.2) is 0 Å². The lowest BCUT2D eigenvalue weighted by molar-refractivity contribution is 0.281. The molecule has 3 heteroatoms. The molecular weight excluding hydrogens is 260 g/mol. The fourth-order valence-electron chi connectivity index (χ4n) is 1.89. The molecule has 0 radical (unpaired) electrons. The topological polar surface area (TPSA) is 29.5 Å². The smallest absolute Gasteiger partial charge is 0.146 e. The third-order valence-corrected chi connectivity index (χ3v) is 3.24. The normalized spacial score (nSPS) is 10.8. The zero-order chi connectivity index (χ0) is 13.8. The Hall–Kier alpha value is -1.51. The summed E-state index contributed by atoms with van der Waals surface area (Å²) in [6.07, 6.45) is 0. The van der Waals surface area contributed by atoms with Crippen molar-refractivity contribution in [2.24, 2.45) is 0 Å². The van der Waals surface area contributed by atoms with Gasteiger partial charge in [-0.15, -0.1) is 0 Å². The van der Waals surface area contributed by atoms with Crippen LogP contribution >= 0.6 is 11.6 Å².